The van der Waals surface area contributed by atoms with Gasteiger partial charge in [0, 0.05) is 0 Å². The molecule has 16 heavy (non-hydrogen) atoms. The third-order valence-corrected chi connectivity index (χ3v) is 2.92. The molecule has 0 spiro atoms. The molecular weight excluding hydrogens is 210 g/mol. The number of cyclic esters (lactones) is 1. The van der Waals surface area contributed by atoms with Crippen molar-refractivity contribution < 1.29 is 19.4 Å². The van der Waals surface area contributed by atoms with Crippen molar-refractivity contribution >= 4 is 11.8 Å². The van der Waals surface area contributed by atoms with Gasteiger partial charge in [-0.2, -0.15) is 0 Å². The van der Waals surface area contributed by atoms with Crippen LogP contribution in [0.3, 0.4) is 0 Å². The Morgan fingerprint density at radius 2 is 2.25 bits per heavy atom. The first-order valence-corrected chi connectivity index (χ1v) is 5.14. The van der Waals surface area contributed by atoms with E-state index in [4.69, 9.17) is 14.6 Å². The van der Waals surface area contributed by atoms with Gasteiger partial charge < -0.3 is 14.6 Å². The zero-order valence-electron chi connectivity index (χ0n) is 8.50. The third kappa shape index (κ3) is 1.18. The smallest absolute Gasteiger partial charge is 0.415 e. The highest BCUT2D eigenvalue weighted by Gasteiger charge is 2.45. The Morgan fingerprint density at radius 3 is 3.06 bits per heavy atom. The highest BCUT2D eigenvalue weighted by molar-refractivity contribution is 5.93. The summed E-state index contributed by atoms with van der Waals surface area (Å²) in [5, 5.41) is 9.11. The van der Waals surface area contributed by atoms with Crippen molar-refractivity contribution in [3.63, 3.8) is 0 Å². The summed E-state index contributed by atoms with van der Waals surface area (Å²) in [6.45, 7) is 0.173. The van der Waals surface area contributed by atoms with Crippen LogP contribution in [-0.4, -0.2) is 36.6 Å². The molecule has 2 heterocycles. The second-order valence-electron chi connectivity index (χ2n) is 3.82. The van der Waals surface area contributed by atoms with E-state index in [9.17, 15) is 4.79 Å². The second kappa shape index (κ2) is 3.38. The van der Waals surface area contributed by atoms with E-state index in [1.165, 1.54) is 0 Å². The maximum absolute atomic E-state index is 11.7. The van der Waals surface area contributed by atoms with E-state index >= 15 is 0 Å². The van der Waals surface area contributed by atoms with Gasteiger partial charge in [-0.05, 0) is 12.1 Å². The minimum absolute atomic E-state index is 0.182. The number of carbonyl (C=O) groups is 1. The van der Waals surface area contributed by atoms with Gasteiger partial charge in [-0.1, -0.05) is 12.1 Å². The number of amides is 1. The van der Waals surface area contributed by atoms with Crippen LogP contribution >= 0.6 is 0 Å². The van der Waals surface area contributed by atoms with Crippen molar-refractivity contribution in [2.45, 2.75) is 12.1 Å². The Balaban J connectivity index is 2.04. The number of nitrogens with zero attached hydrogens (tertiary/aromatic N) is 1. The fraction of sp³-hybridized carbons (Fsp3) is 0.364. The van der Waals surface area contributed by atoms with Crippen molar-refractivity contribution in [3.8, 4) is 5.75 Å². The Morgan fingerprint density at radius 1 is 1.44 bits per heavy atom. The van der Waals surface area contributed by atoms with Crippen molar-refractivity contribution in [1.29, 1.82) is 0 Å². The summed E-state index contributed by atoms with van der Waals surface area (Å²) in [4.78, 5) is 13.2. The Kier molecular flexibility index (Phi) is 2.00. The number of anilines is 1. The average Bonchev–Trinajstić information content (AvgIpc) is 2.66. The van der Waals surface area contributed by atoms with Crippen LogP contribution in [0.5, 0.6) is 5.75 Å². The summed E-state index contributed by atoms with van der Waals surface area (Å²) in [5.41, 5.74) is 0.708. The normalized spacial score (nSPS) is 26.8. The maximum Gasteiger partial charge on any atom is 0.415 e. The van der Waals surface area contributed by atoms with Gasteiger partial charge in [-0.15, -0.1) is 0 Å². The van der Waals surface area contributed by atoms with E-state index in [0.29, 0.717) is 18.0 Å². The second-order valence-corrected chi connectivity index (χ2v) is 3.82. The number of aliphatic hydroxyl groups excluding tert-OH is 1. The standard InChI is InChI=1S/C11H11NO4/c13-5-10-8-6-15-9-4-2-1-3-7(9)12(8)11(14)16-10/h1-4,8,10,13H,5-6H2. The molecule has 1 aromatic rings. The summed E-state index contributed by atoms with van der Waals surface area (Å²) in [5.74, 6) is 0.675. The summed E-state index contributed by atoms with van der Waals surface area (Å²) in [6, 6.07) is 7.08. The minimum atomic E-state index is -0.499. The molecule has 84 valence electrons. The summed E-state index contributed by atoms with van der Waals surface area (Å²) in [6.07, 6.45) is -0.916. The first-order valence-electron chi connectivity index (χ1n) is 5.14. The molecule has 2 atom stereocenters. The van der Waals surface area contributed by atoms with E-state index in [2.05, 4.69) is 0 Å². The molecule has 1 fully saturated rings. The Labute approximate surface area is 92.2 Å². The van der Waals surface area contributed by atoms with Crippen molar-refractivity contribution in [1.82, 2.24) is 0 Å². The van der Waals surface area contributed by atoms with Gasteiger partial charge in [0.2, 0.25) is 0 Å². The van der Waals surface area contributed by atoms with E-state index in [0.717, 1.165) is 0 Å². The number of ether oxygens (including phenoxy) is 2. The molecular formula is C11H11NO4. The molecule has 0 aromatic heterocycles. The molecule has 1 saturated heterocycles. The van der Waals surface area contributed by atoms with E-state index < -0.39 is 12.2 Å². The first-order chi connectivity index (χ1) is 7.81. The number of rotatable bonds is 1. The zero-order valence-corrected chi connectivity index (χ0v) is 8.50. The molecule has 2 aliphatic heterocycles. The number of aliphatic hydroxyl groups is 1. The molecule has 2 aliphatic rings. The summed E-state index contributed by atoms with van der Waals surface area (Å²) >= 11 is 0. The lowest BCUT2D eigenvalue weighted by Gasteiger charge is -2.30. The molecule has 5 heteroatoms. The molecule has 0 aliphatic carbocycles. The number of fused-ring (bicyclic) bond motifs is 3. The minimum Gasteiger partial charge on any atom is -0.489 e. The molecule has 5 nitrogen and oxygen atoms in total. The zero-order chi connectivity index (χ0) is 11.1. The summed E-state index contributed by atoms with van der Waals surface area (Å²) < 4.78 is 10.6. The first kappa shape index (κ1) is 9.47. The highest BCUT2D eigenvalue weighted by atomic mass is 16.6. The molecule has 1 aromatic carbocycles. The van der Waals surface area contributed by atoms with Crippen LogP contribution in [0.2, 0.25) is 0 Å². The largest absolute Gasteiger partial charge is 0.489 e. The lowest BCUT2D eigenvalue weighted by molar-refractivity contribution is 0.0734. The van der Waals surface area contributed by atoms with Gasteiger partial charge in [0.15, 0.2) is 6.10 Å². The lowest BCUT2D eigenvalue weighted by atomic mass is 10.1. The van der Waals surface area contributed by atoms with Gasteiger partial charge in [-0.3, -0.25) is 4.90 Å². The van der Waals surface area contributed by atoms with E-state index in [-0.39, 0.29) is 12.6 Å². The van der Waals surface area contributed by atoms with Crippen LogP contribution in [0.25, 0.3) is 0 Å². The Bertz CT molecular complexity index is 434. The van der Waals surface area contributed by atoms with Crippen LogP contribution < -0.4 is 9.64 Å². The van der Waals surface area contributed by atoms with Crippen LogP contribution in [0.4, 0.5) is 10.5 Å². The molecule has 3 rings (SSSR count). The number of benzene rings is 1. The molecule has 0 bridgehead atoms. The average molecular weight is 221 g/mol. The molecule has 2 unspecified atom stereocenters. The van der Waals surface area contributed by atoms with Crippen LogP contribution in [0.1, 0.15) is 0 Å². The van der Waals surface area contributed by atoms with Crippen molar-refractivity contribution in [3.05, 3.63) is 24.3 Å². The Hall–Kier alpha value is -1.75. The van der Waals surface area contributed by atoms with Crippen LogP contribution in [-0.2, 0) is 4.74 Å². The summed E-state index contributed by atoms with van der Waals surface area (Å²) in [7, 11) is 0. The van der Waals surface area contributed by atoms with E-state index in [1.54, 1.807) is 4.90 Å². The monoisotopic (exact) mass is 221 g/mol. The fourth-order valence-corrected chi connectivity index (χ4v) is 2.14. The van der Waals surface area contributed by atoms with Crippen LogP contribution in [0, 0.1) is 0 Å². The number of hydrogen-bond acceptors (Lipinski definition) is 4. The molecule has 0 saturated carbocycles. The van der Waals surface area contributed by atoms with Crippen LogP contribution in [0.15, 0.2) is 24.3 Å². The maximum atomic E-state index is 11.7. The number of para-hydroxylation sites is 2. The van der Waals surface area contributed by atoms with Crippen molar-refractivity contribution in [2.75, 3.05) is 18.1 Å². The number of carbonyl (C=O) groups excluding carboxylic acids is 1. The fourth-order valence-electron chi connectivity index (χ4n) is 2.14. The molecule has 1 amide bonds. The van der Waals surface area contributed by atoms with Gasteiger partial charge in [0.25, 0.3) is 0 Å². The topological polar surface area (TPSA) is 59.0 Å². The SMILES string of the molecule is O=C1OC(CO)C2COc3ccccc3N12. The van der Waals surface area contributed by atoms with Crippen molar-refractivity contribution in [2.24, 2.45) is 0 Å². The molecule has 1 N–H and O–H groups in total. The predicted molar refractivity (Wildman–Crippen MR) is 55.6 cm³/mol. The third-order valence-electron chi connectivity index (χ3n) is 2.92. The van der Waals surface area contributed by atoms with Gasteiger partial charge >= 0.3 is 6.09 Å². The van der Waals surface area contributed by atoms with Gasteiger partial charge in [0.1, 0.15) is 18.4 Å². The molecule has 0 radical (unpaired) electrons. The quantitative estimate of drug-likeness (QED) is 0.760. The lowest BCUT2D eigenvalue weighted by Crippen LogP contribution is -2.45. The highest BCUT2D eigenvalue weighted by Crippen LogP contribution is 2.38. The van der Waals surface area contributed by atoms with Gasteiger partial charge in [-0.25, -0.2) is 4.79 Å². The van der Waals surface area contributed by atoms with Gasteiger partial charge in [0.05, 0.1) is 12.3 Å². The van der Waals surface area contributed by atoms with E-state index in [1.807, 2.05) is 24.3 Å². The predicted octanol–water partition coefficient (Wildman–Crippen LogP) is 0.765. The number of hydrogen-bond donors (Lipinski definition) is 1.